The average Bonchev–Trinajstić information content (AvgIpc) is 2.61. The van der Waals surface area contributed by atoms with E-state index in [1.807, 2.05) is 0 Å². The molecule has 0 heterocycles. The van der Waals surface area contributed by atoms with Crippen LogP contribution in [-0.4, -0.2) is 10.6 Å². The molecule has 2 fully saturated rings. The van der Waals surface area contributed by atoms with Gasteiger partial charge in [0.1, 0.15) is 5.69 Å². The Balaban J connectivity index is 1.75. The molecule has 3 rings (SSSR count). The van der Waals surface area contributed by atoms with Crippen LogP contribution in [0.5, 0.6) is 0 Å². The summed E-state index contributed by atoms with van der Waals surface area (Å²) in [4.78, 5) is 10.7. The molecule has 0 spiro atoms. The van der Waals surface area contributed by atoms with Gasteiger partial charge in [-0.25, -0.2) is 0 Å². The number of nitro groups is 1. The summed E-state index contributed by atoms with van der Waals surface area (Å²) >= 11 is 0. The number of nitro benzene ring substituents is 1. The van der Waals surface area contributed by atoms with Crippen molar-refractivity contribution < 1.29 is 4.92 Å². The van der Waals surface area contributed by atoms with Gasteiger partial charge in [0.15, 0.2) is 0 Å². The van der Waals surface area contributed by atoms with Crippen LogP contribution in [0.25, 0.3) is 0 Å². The summed E-state index contributed by atoms with van der Waals surface area (Å²) in [7, 11) is 0. The first kappa shape index (κ1) is 16.0. The Labute approximate surface area is 137 Å². The van der Waals surface area contributed by atoms with Crippen molar-refractivity contribution >= 4 is 17.1 Å². The van der Waals surface area contributed by atoms with Gasteiger partial charge in [-0.05, 0) is 44.1 Å². The molecule has 0 bridgehead atoms. The minimum absolute atomic E-state index is 0.0851. The van der Waals surface area contributed by atoms with Crippen LogP contribution in [0, 0.1) is 22.0 Å². The minimum atomic E-state index is -0.359. The SMILES string of the molecule is O=[N+]([O-])c1ccccc1NN=C1CCCC[C@H]1C1CCCCC1. The highest BCUT2D eigenvalue weighted by Gasteiger charge is 2.29. The smallest absolute Gasteiger partial charge is 0.272 e. The van der Waals surface area contributed by atoms with Gasteiger partial charge in [-0.15, -0.1) is 0 Å². The molecule has 23 heavy (non-hydrogen) atoms. The van der Waals surface area contributed by atoms with Crippen LogP contribution in [0.4, 0.5) is 11.4 Å². The molecule has 0 aliphatic heterocycles. The summed E-state index contributed by atoms with van der Waals surface area (Å²) in [6, 6.07) is 6.72. The third-order valence-corrected chi connectivity index (χ3v) is 5.27. The fourth-order valence-corrected chi connectivity index (χ4v) is 4.06. The van der Waals surface area contributed by atoms with Crippen LogP contribution in [0.3, 0.4) is 0 Å². The van der Waals surface area contributed by atoms with E-state index in [1.54, 1.807) is 18.2 Å². The van der Waals surface area contributed by atoms with Crippen molar-refractivity contribution in [3.63, 3.8) is 0 Å². The van der Waals surface area contributed by atoms with Crippen LogP contribution in [0.15, 0.2) is 29.4 Å². The number of rotatable bonds is 4. The standard InChI is InChI=1S/C18H25N3O2/c22-21(23)18-13-7-6-12-17(18)20-19-16-11-5-4-10-15(16)14-8-2-1-3-9-14/h6-7,12-15,20H,1-5,8-11H2/t15-/m0/s1. The molecule has 5 nitrogen and oxygen atoms in total. The van der Waals surface area contributed by atoms with Crippen molar-refractivity contribution in [1.29, 1.82) is 0 Å². The lowest BCUT2D eigenvalue weighted by Crippen LogP contribution is -2.29. The van der Waals surface area contributed by atoms with Crippen LogP contribution in [-0.2, 0) is 0 Å². The van der Waals surface area contributed by atoms with Gasteiger partial charge in [0, 0.05) is 17.7 Å². The van der Waals surface area contributed by atoms with Gasteiger partial charge in [0.05, 0.1) is 4.92 Å². The van der Waals surface area contributed by atoms with Gasteiger partial charge in [0.25, 0.3) is 5.69 Å². The van der Waals surface area contributed by atoms with E-state index in [2.05, 4.69) is 10.5 Å². The van der Waals surface area contributed by atoms with Gasteiger partial charge < -0.3 is 0 Å². The van der Waals surface area contributed by atoms with E-state index in [1.165, 1.54) is 63.1 Å². The second kappa shape index (κ2) is 7.57. The van der Waals surface area contributed by atoms with Crippen LogP contribution in [0.2, 0.25) is 0 Å². The number of para-hydroxylation sites is 2. The zero-order valence-electron chi connectivity index (χ0n) is 13.5. The molecular formula is C18H25N3O2. The Morgan fingerprint density at radius 2 is 1.78 bits per heavy atom. The molecule has 0 aromatic heterocycles. The number of nitrogens with zero attached hydrogens (tertiary/aromatic N) is 2. The molecule has 124 valence electrons. The number of hydrogen-bond acceptors (Lipinski definition) is 4. The number of anilines is 1. The monoisotopic (exact) mass is 315 g/mol. The van der Waals surface area contributed by atoms with Crippen molar-refractivity contribution in [2.75, 3.05) is 5.43 Å². The first-order valence-electron chi connectivity index (χ1n) is 8.81. The number of benzene rings is 1. The molecular weight excluding hydrogens is 290 g/mol. The molecule has 0 saturated heterocycles. The number of hydrazone groups is 1. The summed E-state index contributed by atoms with van der Waals surface area (Å²) in [6.07, 6.45) is 11.4. The lowest BCUT2D eigenvalue weighted by molar-refractivity contribution is -0.384. The lowest BCUT2D eigenvalue weighted by Gasteiger charge is -2.34. The maximum Gasteiger partial charge on any atom is 0.294 e. The fraction of sp³-hybridized carbons (Fsp3) is 0.611. The zero-order chi connectivity index (χ0) is 16.1. The minimum Gasteiger partial charge on any atom is -0.272 e. The third-order valence-electron chi connectivity index (χ3n) is 5.27. The maximum atomic E-state index is 11.1. The third kappa shape index (κ3) is 3.89. The molecule has 1 atom stereocenters. The summed E-state index contributed by atoms with van der Waals surface area (Å²) in [6.45, 7) is 0. The molecule has 0 radical (unpaired) electrons. The normalized spacial score (nSPS) is 24.5. The van der Waals surface area contributed by atoms with Gasteiger partial charge in [-0.1, -0.05) is 37.8 Å². The summed E-state index contributed by atoms with van der Waals surface area (Å²) in [5.41, 5.74) is 4.77. The fourth-order valence-electron chi connectivity index (χ4n) is 4.06. The predicted octanol–water partition coefficient (Wildman–Crippen LogP) is 5.13. The van der Waals surface area contributed by atoms with Crippen LogP contribution in [0.1, 0.15) is 57.8 Å². The van der Waals surface area contributed by atoms with Crippen molar-refractivity contribution in [2.24, 2.45) is 16.9 Å². The van der Waals surface area contributed by atoms with E-state index in [9.17, 15) is 10.1 Å². The number of nitrogens with one attached hydrogen (secondary N) is 1. The Kier molecular flexibility index (Phi) is 5.26. The highest BCUT2D eigenvalue weighted by atomic mass is 16.6. The highest BCUT2D eigenvalue weighted by molar-refractivity contribution is 5.88. The Morgan fingerprint density at radius 3 is 2.57 bits per heavy atom. The molecule has 1 N–H and O–H groups in total. The average molecular weight is 315 g/mol. The highest BCUT2D eigenvalue weighted by Crippen LogP contribution is 2.37. The van der Waals surface area contributed by atoms with Gasteiger partial charge in [-0.3, -0.25) is 15.5 Å². The zero-order valence-corrected chi connectivity index (χ0v) is 13.5. The molecule has 2 saturated carbocycles. The summed E-state index contributed by atoms with van der Waals surface area (Å²) in [5.74, 6) is 1.33. The second-order valence-electron chi connectivity index (χ2n) is 6.74. The van der Waals surface area contributed by atoms with E-state index in [0.29, 0.717) is 11.6 Å². The molecule has 0 unspecified atom stereocenters. The molecule has 0 amide bonds. The summed E-state index contributed by atoms with van der Waals surface area (Å²) in [5, 5.41) is 15.7. The lowest BCUT2D eigenvalue weighted by atomic mass is 9.72. The van der Waals surface area contributed by atoms with Gasteiger partial charge >= 0.3 is 0 Å². The van der Waals surface area contributed by atoms with E-state index in [-0.39, 0.29) is 10.6 Å². The van der Waals surface area contributed by atoms with E-state index < -0.39 is 0 Å². The number of hydrogen-bond donors (Lipinski definition) is 1. The van der Waals surface area contributed by atoms with Gasteiger partial charge in [-0.2, -0.15) is 5.10 Å². The Bertz CT molecular complexity index is 579. The quantitative estimate of drug-likeness (QED) is 0.618. The van der Waals surface area contributed by atoms with Crippen molar-refractivity contribution in [3.8, 4) is 0 Å². The molecule has 1 aromatic carbocycles. The first-order valence-corrected chi connectivity index (χ1v) is 8.81. The Hall–Kier alpha value is -1.91. The maximum absolute atomic E-state index is 11.1. The van der Waals surface area contributed by atoms with E-state index in [4.69, 9.17) is 0 Å². The Morgan fingerprint density at radius 1 is 1.04 bits per heavy atom. The van der Waals surface area contributed by atoms with Crippen molar-refractivity contribution in [1.82, 2.24) is 0 Å². The van der Waals surface area contributed by atoms with E-state index >= 15 is 0 Å². The second-order valence-corrected chi connectivity index (χ2v) is 6.74. The van der Waals surface area contributed by atoms with Gasteiger partial charge in [0.2, 0.25) is 0 Å². The summed E-state index contributed by atoms with van der Waals surface area (Å²) < 4.78 is 0. The topological polar surface area (TPSA) is 67.5 Å². The molecule has 2 aliphatic carbocycles. The molecule has 5 heteroatoms. The van der Waals surface area contributed by atoms with Crippen LogP contribution < -0.4 is 5.43 Å². The van der Waals surface area contributed by atoms with E-state index in [0.717, 1.165) is 12.3 Å². The van der Waals surface area contributed by atoms with Crippen LogP contribution >= 0.6 is 0 Å². The molecule has 2 aliphatic rings. The van der Waals surface area contributed by atoms with Crippen molar-refractivity contribution in [2.45, 2.75) is 57.8 Å². The largest absolute Gasteiger partial charge is 0.294 e. The first-order chi connectivity index (χ1) is 11.3. The predicted molar refractivity (Wildman–Crippen MR) is 92.7 cm³/mol. The van der Waals surface area contributed by atoms with Crippen molar-refractivity contribution in [3.05, 3.63) is 34.4 Å². The molecule has 1 aromatic rings.